The van der Waals surface area contributed by atoms with E-state index in [1.807, 2.05) is 30.3 Å². The molecule has 10 nitrogen and oxygen atoms in total. The number of benzene rings is 2. The van der Waals surface area contributed by atoms with Crippen LogP contribution in [0, 0.1) is 0 Å². The van der Waals surface area contributed by atoms with Gasteiger partial charge in [-0.3, -0.25) is 0 Å². The molecule has 3 aromatic rings. The molecule has 2 heterocycles. The molecule has 4 rings (SSSR count). The zero-order chi connectivity index (χ0) is 24.8. The molecular formula is C25H29N5O5. The average Bonchev–Trinajstić information content (AvgIpc) is 2.93. The molecular weight excluding hydrogens is 450 g/mol. The molecule has 0 unspecified atom stereocenters. The fraction of sp³-hybridized carbons (Fsp3) is 0.320. The van der Waals surface area contributed by atoms with E-state index in [1.165, 1.54) is 0 Å². The number of amides is 2. The Kier molecular flexibility index (Phi) is 7.39. The third kappa shape index (κ3) is 5.32. The number of hydrogen-bond acceptors (Lipinski definition) is 8. The van der Waals surface area contributed by atoms with E-state index in [1.54, 1.807) is 51.5 Å². The standard InChI is InChI=1S/C25H29N5O5/c1-32-17-6-9-22(34-3)19(15-17)20-8-10-24(28-27-20)29-11-13-30(14-12-29)25(31)26-21-7-5-18(33-2)16-23(21)35-4/h5-10,15-16H,11-14H2,1-4H3,(H,26,31). The van der Waals surface area contributed by atoms with Crippen molar-refractivity contribution in [3.05, 3.63) is 48.5 Å². The van der Waals surface area contributed by atoms with Gasteiger partial charge >= 0.3 is 6.03 Å². The quantitative estimate of drug-likeness (QED) is 0.550. The van der Waals surface area contributed by atoms with Gasteiger partial charge in [-0.25, -0.2) is 4.79 Å². The second kappa shape index (κ2) is 10.8. The van der Waals surface area contributed by atoms with Gasteiger partial charge in [-0.05, 0) is 42.5 Å². The van der Waals surface area contributed by atoms with E-state index in [0.29, 0.717) is 60.6 Å². The number of ether oxygens (including phenoxy) is 4. The molecule has 0 spiro atoms. The fourth-order valence-electron chi connectivity index (χ4n) is 3.89. The zero-order valence-corrected chi connectivity index (χ0v) is 20.3. The summed E-state index contributed by atoms with van der Waals surface area (Å²) in [5.74, 6) is 3.37. The van der Waals surface area contributed by atoms with Gasteiger partial charge in [0.15, 0.2) is 5.82 Å². The second-order valence-electron chi connectivity index (χ2n) is 7.81. The van der Waals surface area contributed by atoms with Crippen LogP contribution in [0.3, 0.4) is 0 Å². The number of aromatic nitrogens is 2. The van der Waals surface area contributed by atoms with E-state index in [0.717, 1.165) is 11.4 Å². The van der Waals surface area contributed by atoms with Crippen LogP contribution in [0.2, 0.25) is 0 Å². The van der Waals surface area contributed by atoms with Crippen LogP contribution < -0.4 is 29.2 Å². The van der Waals surface area contributed by atoms with Gasteiger partial charge in [0.2, 0.25) is 0 Å². The molecule has 0 radical (unpaired) electrons. The molecule has 0 bridgehead atoms. The molecule has 1 fully saturated rings. The SMILES string of the molecule is COc1ccc(NC(=O)N2CCN(c3ccc(-c4cc(OC)ccc4OC)nn3)CC2)c(OC)c1. The molecule has 2 amide bonds. The van der Waals surface area contributed by atoms with Crippen molar-refractivity contribution in [1.29, 1.82) is 0 Å². The largest absolute Gasteiger partial charge is 0.497 e. The first kappa shape index (κ1) is 23.9. The third-order valence-corrected chi connectivity index (χ3v) is 5.87. The van der Waals surface area contributed by atoms with Gasteiger partial charge in [-0.1, -0.05) is 0 Å². The second-order valence-corrected chi connectivity index (χ2v) is 7.81. The minimum Gasteiger partial charge on any atom is -0.497 e. The monoisotopic (exact) mass is 479 g/mol. The summed E-state index contributed by atoms with van der Waals surface area (Å²) in [6, 6.07) is 14.5. The Hall–Kier alpha value is -4.21. The number of methoxy groups -OCH3 is 4. The van der Waals surface area contributed by atoms with Gasteiger partial charge in [0.25, 0.3) is 0 Å². The van der Waals surface area contributed by atoms with Crippen molar-refractivity contribution < 1.29 is 23.7 Å². The maximum absolute atomic E-state index is 12.8. The maximum Gasteiger partial charge on any atom is 0.322 e. The number of anilines is 2. The number of nitrogens with zero attached hydrogens (tertiary/aromatic N) is 4. The van der Waals surface area contributed by atoms with Crippen LogP contribution in [-0.4, -0.2) is 75.7 Å². The van der Waals surface area contributed by atoms with Crippen LogP contribution in [0.25, 0.3) is 11.3 Å². The van der Waals surface area contributed by atoms with E-state index < -0.39 is 0 Å². The van der Waals surface area contributed by atoms with Crippen LogP contribution in [0.15, 0.2) is 48.5 Å². The first-order valence-corrected chi connectivity index (χ1v) is 11.1. The van der Waals surface area contributed by atoms with E-state index in [4.69, 9.17) is 18.9 Å². The summed E-state index contributed by atoms with van der Waals surface area (Å²) in [4.78, 5) is 16.7. The Morgan fingerprint density at radius 2 is 1.46 bits per heavy atom. The highest BCUT2D eigenvalue weighted by Crippen LogP contribution is 2.33. The normalized spacial score (nSPS) is 13.3. The highest BCUT2D eigenvalue weighted by Gasteiger charge is 2.23. The number of carbonyl (C=O) groups is 1. The van der Waals surface area contributed by atoms with Crippen molar-refractivity contribution in [2.75, 3.05) is 64.8 Å². The van der Waals surface area contributed by atoms with E-state index >= 15 is 0 Å². The lowest BCUT2D eigenvalue weighted by atomic mass is 10.1. The van der Waals surface area contributed by atoms with Crippen molar-refractivity contribution in [3.8, 4) is 34.3 Å². The molecule has 1 aliphatic heterocycles. The first-order chi connectivity index (χ1) is 17.1. The molecule has 0 atom stereocenters. The number of carbonyl (C=O) groups excluding carboxylic acids is 1. The minimum atomic E-state index is -0.181. The number of nitrogens with one attached hydrogen (secondary N) is 1. The van der Waals surface area contributed by atoms with Gasteiger partial charge in [0.1, 0.15) is 23.0 Å². The van der Waals surface area contributed by atoms with Gasteiger partial charge in [0, 0.05) is 37.8 Å². The van der Waals surface area contributed by atoms with Gasteiger partial charge in [0.05, 0.1) is 39.8 Å². The molecule has 1 aromatic heterocycles. The van der Waals surface area contributed by atoms with E-state index in [-0.39, 0.29) is 6.03 Å². The molecule has 2 aromatic carbocycles. The van der Waals surface area contributed by atoms with Crippen LogP contribution in [0.4, 0.5) is 16.3 Å². The summed E-state index contributed by atoms with van der Waals surface area (Å²) < 4.78 is 21.4. The van der Waals surface area contributed by atoms with E-state index in [2.05, 4.69) is 20.4 Å². The van der Waals surface area contributed by atoms with Crippen molar-refractivity contribution >= 4 is 17.5 Å². The summed E-state index contributed by atoms with van der Waals surface area (Å²) in [6.07, 6.45) is 0. The van der Waals surface area contributed by atoms with Crippen molar-refractivity contribution in [3.63, 3.8) is 0 Å². The predicted molar refractivity (Wildman–Crippen MR) is 133 cm³/mol. The number of piperazine rings is 1. The van der Waals surface area contributed by atoms with Crippen LogP contribution in [-0.2, 0) is 0 Å². The molecule has 184 valence electrons. The topological polar surface area (TPSA) is 98.3 Å². The Morgan fingerprint density at radius 3 is 2.09 bits per heavy atom. The Balaban J connectivity index is 1.38. The van der Waals surface area contributed by atoms with Crippen molar-refractivity contribution in [2.45, 2.75) is 0 Å². The molecule has 35 heavy (non-hydrogen) atoms. The first-order valence-electron chi connectivity index (χ1n) is 11.1. The number of rotatable bonds is 7. The van der Waals surface area contributed by atoms with Crippen LogP contribution in [0.1, 0.15) is 0 Å². The third-order valence-electron chi connectivity index (χ3n) is 5.87. The lowest BCUT2D eigenvalue weighted by molar-refractivity contribution is 0.208. The molecule has 10 heteroatoms. The van der Waals surface area contributed by atoms with Crippen LogP contribution in [0.5, 0.6) is 23.0 Å². The minimum absolute atomic E-state index is 0.181. The van der Waals surface area contributed by atoms with Crippen molar-refractivity contribution in [1.82, 2.24) is 15.1 Å². The Morgan fingerprint density at radius 1 is 0.771 bits per heavy atom. The Bertz CT molecular complexity index is 1160. The highest BCUT2D eigenvalue weighted by atomic mass is 16.5. The van der Waals surface area contributed by atoms with Gasteiger partial charge < -0.3 is 34.1 Å². The molecule has 0 saturated carbocycles. The van der Waals surface area contributed by atoms with Crippen LogP contribution >= 0.6 is 0 Å². The van der Waals surface area contributed by atoms with E-state index in [9.17, 15) is 4.79 Å². The maximum atomic E-state index is 12.8. The molecule has 1 N–H and O–H groups in total. The summed E-state index contributed by atoms with van der Waals surface area (Å²) >= 11 is 0. The summed E-state index contributed by atoms with van der Waals surface area (Å²) in [6.45, 7) is 2.39. The zero-order valence-electron chi connectivity index (χ0n) is 20.3. The molecule has 1 saturated heterocycles. The summed E-state index contributed by atoms with van der Waals surface area (Å²) in [7, 11) is 6.38. The summed E-state index contributed by atoms with van der Waals surface area (Å²) in [5, 5.41) is 11.7. The van der Waals surface area contributed by atoms with Gasteiger partial charge in [-0.2, -0.15) is 0 Å². The summed E-state index contributed by atoms with van der Waals surface area (Å²) in [5.41, 5.74) is 2.09. The molecule has 1 aliphatic rings. The van der Waals surface area contributed by atoms with Gasteiger partial charge in [-0.15, -0.1) is 10.2 Å². The lowest BCUT2D eigenvalue weighted by Gasteiger charge is -2.35. The number of urea groups is 1. The Labute approximate surface area is 204 Å². The highest BCUT2D eigenvalue weighted by molar-refractivity contribution is 5.91. The number of hydrogen-bond donors (Lipinski definition) is 1. The average molecular weight is 480 g/mol. The smallest absolute Gasteiger partial charge is 0.322 e. The fourth-order valence-corrected chi connectivity index (χ4v) is 3.89. The lowest BCUT2D eigenvalue weighted by Crippen LogP contribution is -2.50. The molecule has 0 aliphatic carbocycles. The predicted octanol–water partition coefficient (Wildman–Crippen LogP) is 3.53. The van der Waals surface area contributed by atoms with Crippen molar-refractivity contribution in [2.24, 2.45) is 0 Å².